The smallest absolute Gasteiger partial charge is 0.0159 e. The molecule has 24 aromatic carbocycles. The predicted octanol–water partition coefficient (Wildman–Crippen LogP) is 35.1. The fraction of sp³-hybridized carbons (Fsp3) is 0.0240. The van der Waals surface area contributed by atoms with Crippen molar-refractivity contribution < 1.29 is 0 Å². The normalized spacial score (nSPS) is 12.1. The molecule has 0 amide bonds. The van der Waals surface area contributed by atoms with E-state index in [-0.39, 0.29) is 5.41 Å². The van der Waals surface area contributed by atoms with Gasteiger partial charge < -0.3 is 0 Å². The third kappa shape index (κ3) is 13.1. The van der Waals surface area contributed by atoms with Crippen LogP contribution in [0.3, 0.4) is 0 Å². The highest BCUT2D eigenvalue weighted by Gasteiger charge is 2.36. The van der Waals surface area contributed by atoms with Crippen molar-refractivity contribution in [3.63, 3.8) is 0 Å². The summed E-state index contributed by atoms with van der Waals surface area (Å²) in [5, 5.41) is 28.0. The zero-order chi connectivity index (χ0) is 83.1. The van der Waals surface area contributed by atoms with Gasteiger partial charge in [0.05, 0.1) is 0 Å². The van der Waals surface area contributed by atoms with Crippen molar-refractivity contribution in [3.05, 3.63) is 484 Å². The van der Waals surface area contributed by atoms with Gasteiger partial charge in [-0.05, 0) is 289 Å². The van der Waals surface area contributed by atoms with Crippen LogP contribution in [0.25, 0.3) is 230 Å². The monoisotopic (exact) mass is 1580 g/mol. The van der Waals surface area contributed by atoms with Crippen molar-refractivity contribution in [2.24, 2.45) is 0 Å². The molecular weight excluding hydrogens is 1500 g/mol. The topological polar surface area (TPSA) is 0 Å². The highest BCUT2D eigenvalue weighted by atomic mass is 14.4. The first-order valence-electron chi connectivity index (χ1n) is 43.6. The third-order valence-electron chi connectivity index (χ3n) is 26.5. The summed E-state index contributed by atoms with van der Waals surface area (Å²) in [6.45, 7) is 4.73. The van der Waals surface area contributed by atoms with Gasteiger partial charge in [0, 0.05) is 5.41 Å². The molecule has 0 heteroatoms. The van der Waals surface area contributed by atoms with E-state index in [1.807, 2.05) is 0 Å². The molecule has 0 bridgehead atoms. The molecule has 0 nitrogen and oxygen atoms in total. The highest BCUT2D eigenvalue weighted by molar-refractivity contribution is 6.26. The number of fused-ring (bicyclic) bond motifs is 14. The summed E-state index contributed by atoms with van der Waals surface area (Å²) in [4.78, 5) is 0. The van der Waals surface area contributed by atoms with E-state index in [1.165, 1.54) is 241 Å². The number of benzene rings is 24. The average Bonchev–Trinajstić information content (AvgIpc) is 1.68. The van der Waals surface area contributed by atoms with Crippen molar-refractivity contribution in [1.82, 2.24) is 0 Å². The first kappa shape index (κ1) is 74.2. The van der Waals surface area contributed by atoms with Crippen LogP contribution in [0.5, 0.6) is 0 Å². The van der Waals surface area contributed by atoms with Crippen molar-refractivity contribution in [1.29, 1.82) is 0 Å². The maximum absolute atomic E-state index is 2.47. The van der Waals surface area contributed by atoms with Gasteiger partial charge in [0.15, 0.2) is 0 Å². The van der Waals surface area contributed by atoms with E-state index in [4.69, 9.17) is 0 Å². The maximum Gasteiger partial charge on any atom is 0.0159 e. The summed E-state index contributed by atoms with van der Waals surface area (Å²) < 4.78 is 0. The highest BCUT2D eigenvalue weighted by Crippen LogP contribution is 2.54. The third-order valence-corrected chi connectivity index (χ3v) is 26.5. The molecule has 0 heterocycles. The van der Waals surface area contributed by atoms with Crippen LogP contribution in [0.15, 0.2) is 473 Å². The molecule has 0 unspecified atom stereocenters. The predicted molar refractivity (Wildman–Crippen MR) is 538 cm³/mol. The van der Waals surface area contributed by atoms with Crippen LogP contribution < -0.4 is 0 Å². The van der Waals surface area contributed by atoms with E-state index >= 15 is 0 Å². The minimum absolute atomic E-state index is 0.0548. The minimum atomic E-state index is -0.0548. The standard InChI is InChI=1S/C45H32.2C40H26/c1-45(2)41-19-11-10-16-35(41)36-24-23-34(28-42(36)45)44-38-18-9-8-17-37(38)43(30-13-4-3-5-14-30)40-27-33(22-25-39(40)44)32-21-20-29-12-6-7-15-31(29)26-32;1-2-12-29(13-3-1)39-35-16-8-9-17-36(35)40(34-21-19-28-11-5-7-15-31(28)25-34)37-23-22-33(26-38(37)39)32-20-18-27-10-4-6-14-30(27)24-32;1-2-13-29(14-3-1)39-35-18-8-9-19-36(35)40(34-20-10-16-28-12-6-7-17-33(28)34)37-24-23-32(26-38(37)39)31-22-21-27-11-4-5-15-30(27)25-31/h3-28H,1-2H3;2*1-26H. The van der Waals surface area contributed by atoms with Crippen LogP contribution in [0, 0.1) is 0 Å². The Morgan fingerprint density at radius 3 is 0.776 bits per heavy atom. The van der Waals surface area contributed by atoms with Crippen LogP contribution in [-0.4, -0.2) is 0 Å². The van der Waals surface area contributed by atoms with Crippen molar-refractivity contribution >= 4 is 118 Å². The molecule has 125 heavy (non-hydrogen) atoms. The van der Waals surface area contributed by atoms with Gasteiger partial charge in [-0.3, -0.25) is 0 Å². The number of rotatable bonds is 9. The van der Waals surface area contributed by atoms with Gasteiger partial charge in [0.2, 0.25) is 0 Å². The fourth-order valence-electron chi connectivity index (χ4n) is 20.5. The first-order valence-corrected chi connectivity index (χ1v) is 43.6. The van der Waals surface area contributed by atoms with Crippen molar-refractivity contribution in [2.45, 2.75) is 19.3 Å². The van der Waals surface area contributed by atoms with Gasteiger partial charge in [0.1, 0.15) is 0 Å². The Bertz CT molecular complexity index is 8410. The van der Waals surface area contributed by atoms with Crippen LogP contribution in [-0.2, 0) is 5.41 Å². The number of hydrogen-bond acceptors (Lipinski definition) is 0. The van der Waals surface area contributed by atoms with Gasteiger partial charge in [-0.1, -0.05) is 438 Å². The summed E-state index contributed by atoms with van der Waals surface area (Å²) in [6, 6.07) is 174. The Hall–Kier alpha value is -15.9. The molecule has 0 aliphatic heterocycles. The molecule has 0 radical (unpaired) electrons. The second-order valence-electron chi connectivity index (χ2n) is 34.0. The van der Waals surface area contributed by atoms with Crippen molar-refractivity contribution in [2.75, 3.05) is 0 Å². The van der Waals surface area contributed by atoms with Gasteiger partial charge in [-0.25, -0.2) is 0 Å². The quantitative estimate of drug-likeness (QED) is 0.126. The molecule has 0 saturated heterocycles. The Kier molecular flexibility index (Phi) is 18.4. The van der Waals surface area contributed by atoms with Gasteiger partial charge in [0.25, 0.3) is 0 Å². The Labute approximate surface area is 728 Å². The molecule has 25 rings (SSSR count). The van der Waals surface area contributed by atoms with Gasteiger partial charge in [-0.15, -0.1) is 0 Å². The van der Waals surface area contributed by atoms with Crippen molar-refractivity contribution in [3.8, 4) is 111 Å². The van der Waals surface area contributed by atoms with Crippen LogP contribution >= 0.6 is 0 Å². The molecule has 1 aliphatic carbocycles. The molecule has 0 atom stereocenters. The summed E-state index contributed by atoms with van der Waals surface area (Å²) in [5.41, 5.74) is 28.2. The molecule has 1 aliphatic rings. The molecule has 0 N–H and O–H groups in total. The van der Waals surface area contributed by atoms with Crippen LogP contribution in [0.1, 0.15) is 25.0 Å². The SMILES string of the molecule is CC1(C)c2ccccc2-c2ccc(-c3c4ccccc4c(-c4ccccc4)c4cc(-c5ccc6ccccc6c5)ccc34)cc21.c1ccc(-c2c3ccccc3c(-c3ccc4ccccc4c3)c3ccc(-c4ccc5ccccc5c4)cc23)cc1.c1ccc(-c2c3ccccc3c(-c3cccc4ccccc34)c3ccc(-c4ccc5ccccc5c4)cc23)cc1. The zero-order valence-electron chi connectivity index (χ0n) is 69.5. The lowest BCUT2D eigenvalue weighted by Crippen LogP contribution is -2.14. The second kappa shape index (κ2) is 31.0. The Balaban J connectivity index is 0.000000108. The second-order valence-corrected chi connectivity index (χ2v) is 34.0. The Morgan fingerprint density at radius 2 is 0.368 bits per heavy atom. The van der Waals surface area contributed by atoms with Gasteiger partial charge in [-0.2, -0.15) is 0 Å². The number of hydrogen-bond donors (Lipinski definition) is 0. The summed E-state index contributed by atoms with van der Waals surface area (Å²) in [6.07, 6.45) is 0. The van der Waals surface area contributed by atoms with E-state index in [2.05, 4.69) is 487 Å². The fourth-order valence-corrected chi connectivity index (χ4v) is 20.5. The lowest BCUT2D eigenvalue weighted by atomic mass is 9.80. The maximum atomic E-state index is 2.47. The first-order chi connectivity index (χ1) is 61.8. The Morgan fingerprint density at radius 1 is 0.120 bits per heavy atom. The van der Waals surface area contributed by atoms with E-state index in [0.29, 0.717) is 0 Å². The van der Waals surface area contributed by atoms with E-state index in [1.54, 1.807) is 0 Å². The van der Waals surface area contributed by atoms with Crippen LogP contribution in [0.4, 0.5) is 0 Å². The van der Waals surface area contributed by atoms with E-state index in [0.717, 1.165) is 0 Å². The molecule has 0 fully saturated rings. The van der Waals surface area contributed by atoms with E-state index < -0.39 is 0 Å². The summed E-state index contributed by atoms with van der Waals surface area (Å²) >= 11 is 0. The largest absolute Gasteiger partial charge is 0.0622 e. The summed E-state index contributed by atoms with van der Waals surface area (Å²) in [7, 11) is 0. The van der Waals surface area contributed by atoms with E-state index in [9.17, 15) is 0 Å². The molecule has 0 spiro atoms. The lowest BCUT2D eigenvalue weighted by Gasteiger charge is -2.23. The van der Waals surface area contributed by atoms with Gasteiger partial charge >= 0.3 is 0 Å². The molecule has 0 aromatic heterocycles. The summed E-state index contributed by atoms with van der Waals surface area (Å²) in [5.74, 6) is 0. The molecule has 584 valence electrons. The molecular formula is C125H84. The zero-order valence-corrected chi connectivity index (χ0v) is 69.5. The lowest BCUT2D eigenvalue weighted by molar-refractivity contribution is 0.660. The average molecular weight is 1590 g/mol. The minimum Gasteiger partial charge on any atom is -0.0622 e. The van der Waals surface area contributed by atoms with Crippen LogP contribution in [0.2, 0.25) is 0 Å². The molecule has 0 saturated carbocycles. The molecule has 24 aromatic rings.